The quantitative estimate of drug-likeness (QED) is 0.664. The van der Waals surface area contributed by atoms with E-state index in [0.29, 0.717) is 16.3 Å². The van der Waals surface area contributed by atoms with Crippen molar-refractivity contribution in [2.24, 2.45) is 0 Å². The normalized spacial score (nSPS) is 11.2. The minimum atomic E-state index is 0.492. The zero-order valence-corrected chi connectivity index (χ0v) is 14.6. The van der Waals surface area contributed by atoms with Crippen LogP contribution in [0.25, 0.3) is 27.5 Å². The molecule has 0 aliphatic heterocycles. The highest BCUT2D eigenvalue weighted by atomic mass is 35.5. The van der Waals surface area contributed by atoms with Crippen molar-refractivity contribution in [3.8, 4) is 6.07 Å². The lowest BCUT2D eigenvalue weighted by atomic mass is 10.0. The molecule has 0 saturated heterocycles. The van der Waals surface area contributed by atoms with Gasteiger partial charge in [-0.15, -0.1) is 0 Å². The molecule has 0 amide bonds. The van der Waals surface area contributed by atoms with E-state index in [-0.39, 0.29) is 0 Å². The van der Waals surface area contributed by atoms with Crippen LogP contribution in [0.3, 0.4) is 0 Å². The Morgan fingerprint density at radius 2 is 2.08 bits per heavy atom. The van der Waals surface area contributed by atoms with Crippen molar-refractivity contribution < 1.29 is 0 Å². The molecule has 1 aromatic heterocycles. The van der Waals surface area contributed by atoms with Gasteiger partial charge in [-0.1, -0.05) is 11.6 Å². The maximum Gasteiger partial charge on any atom is 0.197 e. The Kier molecular flexibility index (Phi) is 4.48. The Bertz CT molecular complexity index is 1060. The topological polar surface area (TPSA) is 47.2 Å². The molecule has 2 aromatic carbocycles. The number of aromatic nitrogens is 1. The predicted molar refractivity (Wildman–Crippen MR) is 103 cm³/mol. The molecular weight excluding hydrogens is 332 g/mol. The summed E-state index contributed by atoms with van der Waals surface area (Å²) < 4.78 is 0. The molecule has 25 heavy (non-hydrogen) atoms. The Morgan fingerprint density at radius 3 is 2.76 bits per heavy atom. The van der Waals surface area contributed by atoms with E-state index in [2.05, 4.69) is 15.9 Å². The number of benzene rings is 2. The molecule has 5 heteroatoms. The van der Waals surface area contributed by atoms with Crippen molar-refractivity contribution in [1.29, 1.82) is 5.26 Å². The Hall–Kier alpha value is -3.21. The number of halogens is 1. The van der Waals surface area contributed by atoms with Gasteiger partial charge in [-0.25, -0.2) is 4.85 Å². The summed E-state index contributed by atoms with van der Waals surface area (Å²) >= 11 is 6.11. The third kappa shape index (κ3) is 3.21. The van der Waals surface area contributed by atoms with Crippen LogP contribution in [0.4, 0.5) is 5.69 Å². The average molecular weight is 347 g/mol. The zero-order chi connectivity index (χ0) is 18.0. The lowest BCUT2D eigenvalue weighted by Crippen LogP contribution is -2.10. The summed E-state index contributed by atoms with van der Waals surface area (Å²) in [5.41, 5.74) is 4.53. The van der Waals surface area contributed by atoms with Gasteiger partial charge in [0, 0.05) is 35.9 Å². The monoisotopic (exact) mass is 346 g/mol. The predicted octanol–water partition coefficient (Wildman–Crippen LogP) is 5.18. The average Bonchev–Trinajstić information content (AvgIpc) is 3.02. The number of hydrogen-bond acceptors (Lipinski definition) is 2. The second kappa shape index (κ2) is 6.73. The van der Waals surface area contributed by atoms with Gasteiger partial charge in [-0.2, -0.15) is 5.26 Å². The van der Waals surface area contributed by atoms with Crippen LogP contribution in [0.1, 0.15) is 16.7 Å². The smallest absolute Gasteiger partial charge is 0.197 e. The number of hydrogen-bond donors (Lipinski definition) is 1. The summed E-state index contributed by atoms with van der Waals surface area (Å²) in [6.07, 6.45) is 3.63. The molecule has 1 heterocycles. The molecule has 3 aromatic rings. The first-order valence-electron chi connectivity index (χ1n) is 7.61. The SMILES string of the molecule is [C-]#[N+]/C(=C\c1cc(C#N)ccc1N(C)C)c1c[nH]c2ccc(Cl)cc12. The van der Waals surface area contributed by atoms with Crippen LogP contribution in [0.2, 0.25) is 5.02 Å². The van der Waals surface area contributed by atoms with Crippen molar-refractivity contribution in [3.05, 3.63) is 75.7 Å². The molecule has 3 rings (SSSR count). The Morgan fingerprint density at radius 1 is 1.28 bits per heavy atom. The minimum absolute atomic E-state index is 0.492. The summed E-state index contributed by atoms with van der Waals surface area (Å²) in [4.78, 5) is 8.84. The van der Waals surface area contributed by atoms with E-state index in [1.165, 1.54) is 0 Å². The number of aromatic amines is 1. The second-order valence-electron chi connectivity index (χ2n) is 5.81. The Labute approximate surface area is 151 Å². The number of H-pyrrole nitrogens is 1. The zero-order valence-electron chi connectivity index (χ0n) is 13.8. The largest absolute Gasteiger partial charge is 0.377 e. The molecule has 4 nitrogen and oxygen atoms in total. The van der Waals surface area contributed by atoms with Gasteiger partial charge in [0.2, 0.25) is 0 Å². The maximum absolute atomic E-state index is 9.17. The van der Waals surface area contributed by atoms with Crippen LogP contribution >= 0.6 is 11.6 Å². The van der Waals surface area contributed by atoms with Gasteiger partial charge < -0.3 is 9.88 Å². The molecule has 0 saturated carbocycles. The molecule has 122 valence electrons. The molecule has 0 bridgehead atoms. The van der Waals surface area contributed by atoms with Gasteiger partial charge in [-0.3, -0.25) is 0 Å². The van der Waals surface area contributed by atoms with E-state index in [4.69, 9.17) is 18.2 Å². The number of nitrogens with zero attached hydrogens (tertiary/aromatic N) is 3. The number of anilines is 1. The van der Waals surface area contributed by atoms with Gasteiger partial charge in [0.05, 0.1) is 18.2 Å². The molecule has 0 radical (unpaired) electrons. The maximum atomic E-state index is 9.17. The number of rotatable bonds is 3. The summed E-state index contributed by atoms with van der Waals surface area (Å²) in [7, 11) is 3.86. The van der Waals surface area contributed by atoms with E-state index in [1.807, 2.05) is 55.5 Å². The van der Waals surface area contributed by atoms with Crippen molar-refractivity contribution >= 4 is 40.0 Å². The first-order valence-corrected chi connectivity index (χ1v) is 7.99. The highest BCUT2D eigenvalue weighted by molar-refractivity contribution is 6.31. The van der Waals surface area contributed by atoms with E-state index in [1.54, 1.807) is 12.1 Å². The van der Waals surface area contributed by atoms with Crippen LogP contribution in [0, 0.1) is 17.9 Å². The standard InChI is InChI=1S/C20H15ClN4/c1-23-19(17-12-24-18-6-5-15(21)10-16(17)18)9-14-8-13(11-22)4-7-20(14)25(2)3/h4-10,12,24H,2-3H3/b19-9-. The summed E-state index contributed by atoms with van der Waals surface area (Å²) in [5, 5.41) is 10.7. The third-order valence-electron chi connectivity index (χ3n) is 3.97. The summed E-state index contributed by atoms with van der Waals surface area (Å²) in [5.74, 6) is 0. The lowest BCUT2D eigenvalue weighted by Gasteiger charge is -2.16. The molecule has 0 atom stereocenters. The lowest BCUT2D eigenvalue weighted by molar-refractivity contribution is 1.13. The molecular formula is C20H15ClN4. The molecule has 0 spiro atoms. The number of fused-ring (bicyclic) bond motifs is 1. The van der Waals surface area contributed by atoms with Crippen LogP contribution in [-0.4, -0.2) is 19.1 Å². The molecule has 0 aliphatic carbocycles. The van der Waals surface area contributed by atoms with E-state index < -0.39 is 0 Å². The van der Waals surface area contributed by atoms with Crippen molar-refractivity contribution in [1.82, 2.24) is 4.98 Å². The number of nitrogens with one attached hydrogen (secondary N) is 1. The first-order chi connectivity index (χ1) is 12.0. The van der Waals surface area contributed by atoms with Crippen molar-refractivity contribution in [2.75, 3.05) is 19.0 Å². The highest BCUT2D eigenvalue weighted by Crippen LogP contribution is 2.31. The van der Waals surface area contributed by atoms with Gasteiger partial charge >= 0.3 is 0 Å². The fourth-order valence-corrected chi connectivity index (χ4v) is 2.94. The van der Waals surface area contributed by atoms with Gasteiger partial charge in [0.15, 0.2) is 5.70 Å². The van der Waals surface area contributed by atoms with E-state index in [0.717, 1.165) is 27.7 Å². The van der Waals surface area contributed by atoms with Crippen LogP contribution in [-0.2, 0) is 0 Å². The van der Waals surface area contributed by atoms with Gasteiger partial charge in [0.25, 0.3) is 0 Å². The molecule has 0 aliphatic rings. The van der Waals surface area contributed by atoms with Crippen LogP contribution < -0.4 is 4.90 Å². The molecule has 0 fully saturated rings. The summed E-state index contributed by atoms with van der Waals surface area (Å²) in [6, 6.07) is 13.2. The first kappa shape index (κ1) is 16.6. The van der Waals surface area contributed by atoms with Gasteiger partial charge in [0.1, 0.15) is 0 Å². The van der Waals surface area contributed by atoms with E-state index in [9.17, 15) is 5.26 Å². The van der Waals surface area contributed by atoms with Crippen molar-refractivity contribution in [3.63, 3.8) is 0 Å². The third-order valence-corrected chi connectivity index (χ3v) is 4.21. The second-order valence-corrected chi connectivity index (χ2v) is 6.25. The van der Waals surface area contributed by atoms with Crippen LogP contribution in [0.15, 0.2) is 42.6 Å². The van der Waals surface area contributed by atoms with Crippen molar-refractivity contribution in [2.45, 2.75) is 0 Å². The fraction of sp³-hybridized carbons (Fsp3) is 0.100. The van der Waals surface area contributed by atoms with Crippen LogP contribution in [0.5, 0.6) is 0 Å². The molecule has 1 N–H and O–H groups in total. The highest BCUT2D eigenvalue weighted by Gasteiger charge is 2.12. The Balaban J connectivity index is 2.20. The number of nitriles is 1. The van der Waals surface area contributed by atoms with E-state index >= 15 is 0 Å². The minimum Gasteiger partial charge on any atom is -0.377 e. The fourth-order valence-electron chi connectivity index (χ4n) is 2.77. The molecule has 0 unspecified atom stereocenters. The van der Waals surface area contributed by atoms with Gasteiger partial charge in [-0.05, 0) is 59.6 Å². The summed E-state index contributed by atoms with van der Waals surface area (Å²) in [6.45, 7) is 7.62.